The maximum Gasteiger partial charge on any atom is 0.337 e. The van der Waals surface area contributed by atoms with Gasteiger partial charge in [-0.2, -0.15) is 0 Å². The molecule has 1 aromatic carbocycles. The van der Waals surface area contributed by atoms with Gasteiger partial charge in [0.15, 0.2) is 4.63 Å². The second-order valence-electron chi connectivity index (χ2n) is 2.39. The summed E-state index contributed by atoms with van der Waals surface area (Å²) < 4.78 is 4.46. The monoisotopic (exact) mass is 231 g/mol. The normalized spacial score (nSPS) is 9.36. The van der Waals surface area contributed by atoms with Gasteiger partial charge in [-0.3, -0.25) is 0 Å². The molecule has 1 aromatic rings. The van der Waals surface area contributed by atoms with Gasteiger partial charge >= 0.3 is 5.97 Å². The van der Waals surface area contributed by atoms with Crippen LogP contribution in [-0.4, -0.2) is 17.7 Å². The van der Waals surface area contributed by atoms with Gasteiger partial charge < -0.3 is 4.74 Å². The highest BCUT2D eigenvalue weighted by molar-refractivity contribution is 6.95. The lowest BCUT2D eigenvalue weighted by Gasteiger charge is -1.98. The number of carbonyl (C=O) groups excluding carboxylic acids is 1. The number of methoxy groups -OCH3 is 1. The molecule has 1 rings (SSSR count). The van der Waals surface area contributed by atoms with Crippen LogP contribution in [0.1, 0.15) is 10.4 Å². The largest absolute Gasteiger partial charge is 0.465 e. The Morgan fingerprint density at radius 2 is 1.86 bits per heavy atom. The predicted molar refractivity (Wildman–Crippen MR) is 56.6 cm³/mol. The van der Waals surface area contributed by atoms with E-state index in [1.807, 2.05) is 0 Å². The molecule has 5 heteroatoms. The zero-order chi connectivity index (χ0) is 10.6. The first-order valence-corrected chi connectivity index (χ1v) is 4.47. The van der Waals surface area contributed by atoms with Gasteiger partial charge in [0.25, 0.3) is 0 Å². The fourth-order valence-corrected chi connectivity index (χ4v) is 1.08. The zero-order valence-corrected chi connectivity index (χ0v) is 8.84. The number of halogens is 2. The molecule has 0 aliphatic heterocycles. The molecule has 0 aliphatic carbocycles. The van der Waals surface area contributed by atoms with Gasteiger partial charge in [0.05, 0.1) is 18.4 Å². The predicted octanol–water partition coefficient (Wildman–Crippen LogP) is 2.94. The van der Waals surface area contributed by atoms with Crippen molar-refractivity contribution >= 4 is 39.5 Å². The number of benzene rings is 1. The molecule has 0 aromatic heterocycles. The number of hydrogen-bond acceptors (Lipinski definition) is 3. The van der Waals surface area contributed by atoms with Crippen LogP contribution in [0.3, 0.4) is 0 Å². The molecule has 0 N–H and O–H groups in total. The average Bonchev–Trinajstić information content (AvgIpc) is 2.17. The summed E-state index contributed by atoms with van der Waals surface area (Å²) in [4.78, 5) is 14.8. The Morgan fingerprint density at radius 1 is 1.29 bits per heavy atom. The summed E-state index contributed by atoms with van der Waals surface area (Å²) in [6.45, 7) is 0. The average molecular weight is 232 g/mol. The van der Waals surface area contributed by atoms with E-state index >= 15 is 0 Å². The van der Waals surface area contributed by atoms with Crippen LogP contribution in [0.4, 0.5) is 5.69 Å². The van der Waals surface area contributed by atoms with Gasteiger partial charge in [-0.05, 0) is 47.5 Å². The zero-order valence-electron chi connectivity index (χ0n) is 7.33. The van der Waals surface area contributed by atoms with Gasteiger partial charge in [-0.1, -0.05) is 0 Å². The lowest BCUT2D eigenvalue weighted by Crippen LogP contribution is -1.99. The third-order valence-corrected chi connectivity index (χ3v) is 1.67. The third kappa shape index (κ3) is 3.01. The van der Waals surface area contributed by atoms with Gasteiger partial charge in [0, 0.05) is 0 Å². The van der Waals surface area contributed by atoms with Crippen molar-refractivity contribution < 1.29 is 9.53 Å². The molecule has 74 valence electrons. The standard InChI is InChI=1S/C9H7Cl2NO2/c1-14-8(13)6-2-4-7(5-3-6)12-9(10)11/h2-5H,1H3. The molecule has 0 fully saturated rings. The van der Waals surface area contributed by atoms with Crippen molar-refractivity contribution in [2.45, 2.75) is 0 Å². The van der Waals surface area contributed by atoms with E-state index in [1.165, 1.54) is 7.11 Å². The highest BCUT2D eigenvalue weighted by Gasteiger charge is 2.03. The van der Waals surface area contributed by atoms with E-state index in [2.05, 4.69) is 9.73 Å². The molecule has 3 nitrogen and oxygen atoms in total. The Morgan fingerprint density at radius 3 is 2.29 bits per heavy atom. The minimum atomic E-state index is -0.391. The summed E-state index contributed by atoms with van der Waals surface area (Å²) in [5.41, 5.74) is 1.04. The van der Waals surface area contributed by atoms with Crippen LogP contribution in [0.15, 0.2) is 29.3 Å². The first-order chi connectivity index (χ1) is 6.63. The second-order valence-corrected chi connectivity index (χ2v) is 3.30. The molecule has 0 amide bonds. The summed E-state index contributed by atoms with van der Waals surface area (Å²) in [5, 5.41) is 0. The number of carbonyl (C=O) groups is 1. The van der Waals surface area contributed by atoms with Gasteiger partial charge in [-0.25, -0.2) is 9.79 Å². The van der Waals surface area contributed by atoms with E-state index in [0.29, 0.717) is 11.3 Å². The summed E-state index contributed by atoms with van der Waals surface area (Å²) >= 11 is 10.7. The van der Waals surface area contributed by atoms with Crippen LogP contribution in [-0.2, 0) is 4.74 Å². The Balaban J connectivity index is 2.89. The number of hydrogen-bond donors (Lipinski definition) is 0. The molecule has 0 spiro atoms. The molecular formula is C9H7Cl2NO2. The third-order valence-electron chi connectivity index (χ3n) is 1.50. The Kier molecular flexibility index (Phi) is 3.92. The molecule has 0 saturated carbocycles. The van der Waals surface area contributed by atoms with E-state index in [4.69, 9.17) is 23.2 Å². The van der Waals surface area contributed by atoms with Gasteiger partial charge in [0.1, 0.15) is 0 Å². The lowest BCUT2D eigenvalue weighted by molar-refractivity contribution is 0.0601. The van der Waals surface area contributed by atoms with Gasteiger partial charge in [-0.15, -0.1) is 0 Å². The Labute approximate surface area is 91.3 Å². The van der Waals surface area contributed by atoms with Crippen molar-refractivity contribution in [3.63, 3.8) is 0 Å². The van der Waals surface area contributed by atoms with Crippen molar-refractivity contribution in [2.75, 3.05) is 7.11 Å². The molecule has 0 aliphatic rings. The smallest absolute Gasteiger partial charge is 0.337 e. The van der Waals surface area contributed by atoms with Crippen LogP contribution >= 0.6 is 23.2 Å². The number of nitrogens with zero attached hydrogens (tertiary/aromatic N) is 1. The first-order valence-electron chi connectivity index (χ1n) is 3.71. The number of aliphatic imine (C=N–C) groups is 1. The molecular weight excluding hydrogens is 225 g/mol. The highest BCUT2D eigenvalue weighted by atomic mass is 35.5. The van der Waals surface area contributed by atoms with Crippen LogP contribution in [0, 0.1) is 0 Å². The van der Waals surface area contributed by atoms with Crippen molar-refractivity contribution in [3.05, 3.63) is 29.8 Å². The first kappa shape index (κ1) is 11.0. The van der Waals surface area contributed by atoms with Crippen molar-refractivity contribution in [1.82, 2.24) is 0 Å². The van der Waals surface area contributed by atoms with Crippen LogP contribution in [0.25, 0.3) is 0 Å². The Bertz CT molecular complexity index is 356. The summed E-state index contributed by atoms with van der Waals surface area (Å²) in [5.74, 6) is -0.391. The highest BCUT2D eigenvalue weighted by Crippen LogP contribution is 2.15. The molecule has 0 saturated heterocycles. The minimum absolute atomic E-state index is 0.0733. The quantitative estimate of drug-likeness (QED) is 0.580. The molecule has 0 atom stereocenters. The molecule has 14 heavy (non-hydrogen) atoms. The van der Waals surface area contributed by atoms with E-state index < -0.39 is 5.97 Å². The summed E-state index contributed by atoms with van der Waals surface area (Å²) in [6, 6.07) is 6.41. The molecule has 0 heterocycles. The van der Waals surface area contributed by atoms with Crippen LogP contribution in [0.5, 0.6) is 0 Å². The van der Waals surface area contributed by atoms with E-state index in [0.717, 1.165) is 0 Å². The topological polar surface area (TPSA) is 38.7 Å². The molecule has 0 radical (unpaired) electrons. The molecule has 0 bridgehead atoms. The minimum Gasteiger partial charge on any atom is -0.465 e. The Hall–Kier alpha value is -1.06. The van der Waals surface area contributed by atoms with Crippen molar-refractivity contribution in [3.8, 4) is 0 Å². The number of esters is 1. The maximum atomic E-state index is 11.0. The molecule has 0 unspecified atom stereocenters. The fraction of sp³-hybridized carbons (Fsp3) is 0.111. The fourth-order valence-electron chi connectivity index (χ4n) is 0.887. The van der Waals surface area contributed by atoms with E-state index in [-0.39, 0.29) is 4.63 Å². The van der Waals surface area contributed by atoms with E-state index in [1.54, 1.807) is 24.3 Å². The van der Waals surface area contributed by atoms with Gasteiger partial charge in [0.2, 0.25) is 0 Å². The summed E-state index contributed by atoms with van der Waals surface area (Å²) in [6.07, 6.45) is 0. The van der Waals surface area contributed by atoms with E-state index in [9.17, 15) is 4.79 Å². The SMILES string of the molecule is COC(=O)c1ccc(N=C(Cl)Cl)cc1. The number of ether oxygens (including phenoxy) is 1. The van der Waals surface area contributed by atoms with Crippen LogP contribution < -0.4 is 0 Å². The summed E-state index contributed by atoms with van der Waals surface area (Å²) in [7, 11) is 1.32. The second kappa shape index (κ2) is 4.98. The van der Waals surface area contributed by atoms with Crippen LogP contribution in [0.2, 0.25) is 0 Å². The number of rotatable bonds is 2. The van der Waals surface area contributed by atoms with Crippen molar-refractivity contribution in [1.29, 1.82) is 0 Å². The maximum absolute atomic E-state index is 11.0. The lowest BCUT2D eigenvalue weighted by atomic mass is 10.2. The van der Waals surface area contributed by atoms with Crippen molar-refractivity contribution in [2.24, 2.45) is 4.99 Å².